The van der Waals surface area contributed by atoms with E-state index in [0.717, 1.165) is 30.8 Å². The van der Waals surface area contributed by atoms with Gasteiger partial charge in [-0.3, -0.25) is 0 Å². The molecule has 0 amide bonds. The fourth-order valence-corrected chi connectivity index (χ4v) is 5.09. The average Bonchev–Trinajstić information content (AvgIpc) is 2.21. The molecule has 0 saturated heterocycles. The molecule has 0 aromatic carbocycles. The summed E-state index contributed by atoms with van der Waals surface area (Å²) in [6, 6.07) is 0. The minimum Gasteiger partial charge on any atom is -0.311 e. The molecule has 0 heterocycles. The number of hydrogen-bond donors (Lipinski definition) is 2. The smallest absolute Gasteiger partial charge is 0.0190 e. The highest BCUT2D eigenvalue weighted by atomic mass is 15.0. The van der Waals surface area contributed by atoms with Crippen LogP contribution in [0.3, 0.4) is 0 Å². The van der Waals surface area contributed by atoms with Crippen molar-refractivity contribution in [1.82, 2.24) is 10.6 Å². The van der Waals surface area contributed by atoms with Gasteiger partial charge in [0.25, 0.3) is 0 Å². The van der Waals surface area contributed by atoms with E-state index >= 15 is 0 Å². The Hall–Kier alpha value is -0.0800. The largest absolute Gasteiger partial charge is 0.311 e. The molecule has 104 valence electrons. The molecule has 4 aliphatic carbocycles. The van der Waals surface area contributed by atoms with Crippen LogP contribution >= 0.6 is 0 Å². The van der Waals surface area contributed by atoms with E-state index in [4.69, 9.17) is 0 Å². The summed E-state index contributed by atoms with van der Waals surface area (Å²) < 4.78 is 0. The van der Waals surface area contributed by atoms with Crippen LogP contribution in [-0.2, 0) is 0 Å². The third kappa shape index (κ3) is 2.75. The van der Waals surface area contributed by atoms with Crippen LogP contribution in [0.25, 0.3) is 0 Å². The van der Waals surface area contributed by atoms with Gasteiger partial charge in [0.05, 0.1) is 0 Å². The van der Waals surface area contributed by atoms with E-state index in [9.17, 15) is 0 Å². The zero-order chi connectivity index (χ0) is 12.8. The highest BCUT2D eigenvalue weighted by Gasteiger charge is 2.50. The fourth-order valence-electron chi connectivity index (χ4n) is 5.09. The van der Waals surface area contributed by atoms with Crippen molar-refractivity contribution < 1.29 is 0 Å². The predicted octanol–water partition coefficient (Wildman–Crippen LogP) is 2.93. The van der Waals surface area contributed by atoms with Crippen LogP contribution in [0.4, 0.5) is 0 Å². The first-order valence-electron chi connectivity index (χ1n) is 7.94. The predicted molar refractivity (Wildman–Crippen MR) is 76.7 cm³/mol. The molecule has 4 bridgehead atoms. The summed E-state index contributed by atoms with van der Waals surface area (Å²) in [5, 5.41) is 7.53. The Kier molecular flexibility index (Phi) is 3.22. The fraction of sp³-hybridized carbons (Fsp3) is 1.00. The Balaban J connectivity index is 1.50. The summed E-state index contributed by atoms with van der Waals surface area (Å²) in [5.41, 5.74) is 0.789. The van der Waals surface area contributed by atoms with E-state index in [-0.39, 0.29) is 5.54 Å². The van der Waals surface area contributed by atoms with Crippen LogP contribution in [0.1, 0.15) is 59.3 Å². The Labute approximate surface area is 112 Å². The van der Waals surface area contributed by atoms with Crippen molar-refractivity contribution in [2.45, 2.75) is 70.4 Å². The summed E-state index contributed by atoms with van der Waals surface area (Å²) in [6.07, 6.45) is 9.03. The molecule has 0 aromatic rings. The maximum Gasteiger partial charge on any atom is 0.0190 e. The van der Waals surface area contributed by atoms with E-state index in [2.05, 4.69) is 31.4 Å². The quantitative estimate of drug-likeness (QED) is 0.750. The number of rotatable bonds is 4. The second-order valence-corrected chi connectivity index (χ2v) is 8.30. The minimum atomic E-state index is 0.253. The number of hydrogen-bond acceptors (Lipinski definition) is 2. The second-order valence-electron chi connectivity index (χ2n) is 8.30. The Morgan fingerprint density at radius 1 is 0.889 bits per heavy atom. The third-order valence-corrected chi connectivity index (χ3v) is 5.32. The van der Waals surface area contributed by atoms with Crippen molar-refractivity contribution in [1.29, 1.82) is 0 Å². The van der Waals surface area contributed by atoms with Gasteiger partial charge in [0.1, 0.15) is 0 Å². The van der Waals surface area contributed by atoms with Gasteiger partial charge in [0.15, 0.2) is 0 Å². The lowest BCUT2D eigenvalue weighted by molar-refractivity contribution is -0.0194. The van der Waals surface area contributed by atoms with E-state index in [1.165, 1.54) is 19.3 Å². The lowest BCUT2D eigenvalue weighted by Crippen LogP contribution is -2.59. The maximum absolute atomic E-state index is 3.94. The second kappa shape index (κ2) is 4.49. The van der Waals surface area contributed by atoms with Crippen LogP contribution in [-0.4, -0.2) is 24.2 Å². The van der Waals surface area contributed by atoms with Crippen LogP contribution in [0.5, 0.6) is 0 Å². The van der Waals surface area contributed by atoms with Gasteiger partial charge in [0, 0.05) is 24.2 Å². The topological polar surface area (TPSA) is 24.1 Å². The molecule has 0 aliphatic heterocycles. The molecule has 4 saturated carbocycles. The molecule has 2 heteroatoms. The summed E-state index contributed by atoms with van der Waals surface area (Å²) in [4.78, 5) is 0. The highest BCUT2D eigenvalue weighted by Crippen LogP contribution is 2.55. The molecule has 0 unspecified atom stereocenters. The van der Waals surface area contributed by atoms with E-state index < -0.39 is 0 Å². The van der Waals surface area contributed by atoms with E-state index in [0.29, 0.717) is 5.54 Å². The van der Waals surface area contributed by atoms with Crippen molar-refractivity contribution in [3.63, 3.8) is 0 Å². The Bertz CT molecular complexity index is 267. The molecule has 18 heavy (non-hydrogen) atoms. The van der Waals surface area contributed by atoms with Crippen molar-refractivity contribution in [3.05, 3.63) is 0 Å². The minimum absolute atomic E-state index is 0.253. The van der Waals surface area contributed by atoms with E-state index in [1.54, 1.807) is 19.3 Å². The van der Waals surface area contributed by atoms with Crippen molar-refractivity contribution in [2.75, 3.05) is 13.1 Å². The SMILES string of the molecule is CC(C)(C)NCCNC12CC3CC(CC(C3)C1)C2. The first-order valence-corrected chi connectivity index (χ1v) is 7.94. The highest BCUT2D eigenvalue weighted by molar-refractivity contribution is 5.06. The summed E-state index contributed by atoms with van der Waals surface area (Å²) in [5.74, 6) is 3.16. The van der Waals surface area contributed by atoms with Gasteiger partial charge < -0.3 is 10.6 Å². The van der Waals surface area contributed by atoms with Gasteiger partial charge in [-0.25, -0.2) is 0 Å². The van der Waals surface area contributed by atoms with Gasteiger partial charge in [-0.1, -0.05) is 0 Å². The third-order valence-electron chi connectivity index (χ3n) is 5.32. The van der Waals surface area contributed by atoms with Crippen LogP contribution < -0.4 is 10.6 Å². The molecule has 4 aliphatic rings. The molecule has 0 spiro atoms. The molecule has 2 N–H and O–H groups in total. The first kappa shape index (κ1) is 12.9. The monoisotopic (exact) mass is 250 g/mol. The van der Waals surface area contributed by atoms with Gasteiger partial charge in [-0.05, 0) is 77.0 Å². The Morgan fingerprint density at radius 3 is 1.83 bits per heavy atom. The summed E-state index contributed by atoms with van der Waals surface area (Å²) >= 11 is 0. The van der Waals surface area contributed by atoms with Crippen molar-refractivity contribution >= 4 is 0 Å². The Morgan fingerprint density at radius 2 is 1.39 bits per heavy atom. The summed E-state index contributed by atoms with van der Waals surface area (Å²) in [6.45, 7) is 8.99. The zero-order valence-corrected chi connectivity index (χ0v) is 12.4. The molecule has 4 fully saturated rings. The van der Waals surface area contributed by atoms with Gasteiger partial charge in [-0.2, -0.15) is 0 Å². The molecule has 0 radical (unpaired) electrons. The van der Waals surface area contributed by atoms with Gasteiger partial charge in [-0.15, -0.1) is 0 Å². The lowest BCUT2D eigenvalue weighted by atomic mass is 9.53. The number of nitrogens with one attached hydrogen (secondary N) is 2. The molecule has 2 nitrogen and oxygen atoms in total. The maximum atomic E-state index is 3.94. The van der Waals surface area contributed by atoms with Crippen molar-refractivity contribution in [2.24, 2.45) is 17.8 Å². The molecule has 0 atom stereocenters. The molecular weight excluding hydrogens is 220 g/mol. The zero-order valence-electron chi connectivity index (χ0n) is 12.4. The van der Waals surface area contributed by atoms with Crippen LogP contribution in [0, 0.1) is 17.8 Å². The standard InChI is InChI=1S/C16H30N2/c1-15(2,3)17-4-5-18-16-9-12-6-13(10-16)8-14(7-12)11-16/h12-14,17-18H,4-11H2,1-3H3. The van der Waals surface area contributed by atoms with Crippen molar-refractivity contribution in [3.8, 4) is 0 Å². The average molecular weight is 250 g/mol. The van der Waals surface area contributed by atoms with Crippen LogP contribution in [0.2, 0.25) is 0 Å². The van der Waals surface area contributed by atoms with E-state index in [1.807, 2.05) is 0 Å². The molecular formula is C16H30N2. The summed E-state index contributed by atoms with van der Waals surface area (Å²) in [7, 11) is 0. The van der Waals surface area contributed by atoms with Gasteiger partial charge >= 0.3 is 0 Å². The first-order chi connectivity index (χ1) is 8.44. The normalized spacial score (nSPS) is 42.5. The van der Waals surface area contributed by atoms with Gasteiger partial charge in [0.2, 0.25) is 0 Å². The van der Waals surface area contributed by atoms with Crippen LogP contribution in [0.15, 0.2) is 0 Å². The molecule has 0 aromatic heterocycles. The lowest BCUT2D eigenvalue weighted by Gasteiger charge is -2.57. The molecule has 4 rings (SSSR count).